The number of aliphatic carboxylic acids is 1. The lowest BCUT2D eigenvalue weighted by Gasteiger charge is -2.73. The molecule has 0 aromatic carbocycles. The summed E-state index contributed by atoms with van der Waals surface area (Å²) >= 11 is 0. The van der Waals surface area contributed by atoms with Crippen LogP contribution in [0.5, 0.6) is 0 Å². The SMILES string of the molecule is C=C(C)[C@@H]1CC[C@]2(NC(=O)CCCCCCCCCCC(=O)O)CC[C@]3(C)[C@H](CC[C@@H]4[C@@]5(C)CC[C@H](O)C(C)(C)[C@@H]5CC[C@]43C)[C@@H]12. The van der Waals surface area contributed by atoms with Gasteiger partial charge in [-0.1, -0.05) is 85.3 Å². The molecule has 1 amide bonds. The first-order valence-corrected chi connectivity index (χ1v) is 19.5. The number of allylic oxidation sites excluding steroid dienone is 1. The Balaban J connectivity index is 1.24. The summed E-state index contributed by atoms with van der Waals surface area (Å²) in [7, 11) is 0. The summed E-state index contributed by atoms with van der Waals surface area (Å²) < 4.78 is 0. The Bertz CT molecular complexity index is 1130. The highest BCUT2D eigenvalue weighted by Crippen LogP contribution is 2.76. The Kier molecular flexibility index (Phi) is 10.6. The molecule has 5 nitrogen and oxygen atoms in total. The minimum Gasteiger partial charge on any atom is -0.481 e. The molecular weight excluding hydrogens is 570 g/mol. The van der Waals surface area contributed by atoms with Crippen LogP contribution in [0.4, 0.5) is 0 Å². The average Bonchev–Trinajstić information content (AvgIpc) is 3.36. The highest BCUT2D eigenvalue weighted by molar-refractivity contribution is 5.77. The Morgan fingerprint density at radius 3 is 1.98 bits per heavy atom. The number of fused-ring (bicyclic) bond motifs is 7. The van der Waals surface area contributed by atoms with Gasteiger partial charge in [-0.25, -0.2) is 0 Å². The highest BCUT2D eigenvalue weighted by atomic mass is 16.4. The van der Waals surface area contributed by atoms with Gasteiger partial charge in [0.05, 0.1) is 6.10 Å². The molecule has 0 unspecified atom stereocenters. The first kappa shape index (κ1) is 35.9. The largest absolute Gasteiger partial charge is 0.481 e. The van der Waals surface area contributed by atoms with E-state index < -0.39 is 5.97 Å². The van der Waals surface area contributed by atoms with Crippen molar-refractivity contribution < 1.29 is 19.8 Å². The van der Waals surface area contributed by atoms with Crippen molar-refractivity contribution in [2.24, 2.45) is 51.2 Å². The number of carbonyl (C=O) groups excluding carboxylic acids is 1. The number of nitrogens with one attached hydrogen (secondary N) is 1. The van der Waals surface area contributed by atoms with Crippen molar-refractivity contribution >= 4 is 11.9 Å². The van der Waals surface area contributed by atoms with Gasteiger partial charge in [-0.3, -0.25) is 9.59 Å². The fraction of sp³-hybridized carbons (Fsp3) is 0.902. The third kappa shape index (κ3) is 6.15. The van der Waals surface area contributed by atoms with Crippen molar-refractivity contribution in [3.05, 3.63) is 12.2 Å². The van der Waals surface area contributed by atoms with Gasteiger partial charge in [-0.15, -0.1) is 0 Å². The molecule has 0 bridgehead atoms. The van der Waals surface area contributed by atoms with E-state index in [4.69, 9.17) is 5.11 Å². The second-order valence-electron chi connectivity index (χ2n) is 18.5. The van der Waals surface area contributed by atoms with Gasteiger partial charge in [0.15, 0.2) is 0 Å². The number of carboxylic acids is 1. The summed E-state index contributed by atoms with van der Waals surface area (Å²) in [6.45, 7) is 19.4. The molecule has 0 radical (unpaired) electrons. The number of aliphatic hydroxyl groups excluding tert-OH is 1. The monoisotopic (exact) mass is 640 g/mol. The Hall–Kier alpha value is -1.36. The molecular formula is C41H69NO4. The van der Waals surface area contributed by atoms with Gasteiger partial charge in [0.25, 0.3) is 0 Å². The van der Waals surface area contributed by atoms with Crippen molar-refractivity contribution in [2.75, 3.05) is 0 Å². The Labute approximate surface area is 281 Å². The standard InChI is InChI=1S/C41H69NO4/c1-28(2)29-20-25-41(42-34(44)16-14-12-10-8-9-11-13-15-17-35(45)46)27-26-39(6)30(36(29)41)18-19-32-38(5)23-22-33(43)37(3,4)31(38)21-24-40(32,39)7/h29-33,36,43H,1,8-27H2,2-7H3,(H,42,44)(H,45,46)/t29-,30+,31-,32+,33-,36+,38-,39+,40+,41-/m0/s1. The van der Waals surface area contributed by atoms with Gasteiger partial charge in [-0.2, -0.15) is 0 Å². The molecule has 5 aliphatic carbocycles. The van der Waals surface area contributed by atoms with Gasteiger partial charge in [-0.05, 0) is 135 Å². The van der Waals surface area contributed by atoms with Crippen LogP contribution in [-0.2, 0) is 9.59 Å². The van der Waals surface area contributed by atoms with Gasteiger partial charge >= 0.3 is 5.97 Å². The molecule has 5 heteroatoms. The van der Waals surface area contributed by atoms with E-state index in [1.165, 1.54) is 50.5 Å². The van der Waals surface area contributed by atoms with Gasteiger partial charge in [0.1, 0.15) is 0 Å². The predicted octanol–water partition coefficient (Wildman–Crippen LogP) is 9.86. The summed E-state index contributed by atoms with van der Waals surface area (Å²) in [5, 5.41) is 23.6. The third-order valence-corrected chi connectivity index (χ3v) is 16.0. The second kappa shape index (κ2) is 13.5. The van der Waals surface area contributed by atoms with Gasteiger partial charge in [0.2, 0.25) is 5.91 Å². The molecule has 0 aromatic rings. The van der Waals surface area contributed by atoms with E-state index in [1.54, 1.807) is 0 Å². The van der Waals surface area contributed by atoms with Crippen LogP contribution in [0.2, 0.25) is 0 Å². The van der Waals surface area contributed by atoms with Crippen LogP contribution in [-0.4, -0.2) is 33.7 Å². The molecule has 46 heavy (non-hydrogen) atoms. The quantitative estimate of drug-likeness (QED) is 0.138. The number of hydrogen-bond donors (Lipinski definition) is 3. The fourth-order valence-corrected chi connectivity index (χ4v) is 13.3. The molecule has 3 N–H and O–H groups in total. The normalized spacial score (nSPS) is 42.7. The van der Waals surface area contributed by atoms with Crippen LogP contribution in [0.15, 0.2) is 12.2 Å². The number of aliphatic hydroxyl groups is 1. The molecule has 10 atom stereocenters. The van der Waals surface area contributed by atoms with Crippen LogP contribution in [0.3, 0.4) is 0 Å². The van der Waals surface area contributed by atoms with Crippen LogP contribution in [0.25, 0.3) is 0 Å². The minimum atomic E-state index is -0.691. The summed E-state index contributed by atoms with van der Waals surface area (Å²) in [4.78, 5) is 24.3. The Morgan fingerprint density at radius 2 is 1.35 bits per heavy atom. The molecule has 5 fully saturated rings. The highest BCUT2D eigenvalue weighted by Gasteiger charge is 2.71. The van der Waals surface area contributed by atoms with Crippen LogP contribution in [0.1, 0.15) is 170 Å². The Morgan fingerprint density at radius 1 is 0.717 bits per heavy atom. The lowest BCUT2D eigenvalue weighted by atomic mass is 9.32. The summed E-state index contributed by atoms with van der Waals surface area (Å²) in [5.74, 6) is 2.46. The smallest absolute Gasteiger partial charge is 0.303 e. The molecule has 0 saturated heterocycles. The van der Waals surface area contributed by atoms with E-state index in [0.29, 0.717) is 36.0 Å². The van der Waals surface area contributed by atoms with Crippen LogP contribution < -0.4 is 5.32 Å². The van der Waals surface area contributed by atoms with E-state index >= 15 is 0 Å². The van der Waals surface area contributed by atoms with E-state index in [1.807, 2.05) is 0 Å². The van der Waals surface area contributed by atoms with Gasteiger partial charge in [0, 0.05) is 18.4 Å². The number of carboxylic acid groups (broad SMARTS) is 1. The first-order chi connectivity index (χ1) is 21.6. The van der Waals surface area contributed by atoms with E-state index in [-0.39, 0.29) is 45.6 Å². The summed E-state index contributed by atoms with van der Waals surface area (Å²) in [6, 6.07) is 0. The second-order valence-corrected chi connectivity index (χ2v) is 18.5. The van der Waals surface area contributed by atoms with Gasteiger partial charge < -0.3 is 15.5 Å². The maximum Gasteiger partial charge on any atom is 0.303 e. The predicted molar refractivity (Wildman–Crippen MR) is 187 cm³/mol. The lowest BCUT2D eigenvalue weighted by Crippen LogP contribution is -2.69. The maximum absolute atomic E-state index is 13.6. The number of hydrogen-bond acceptors (Lipinski definition) is 3. The van der Waals surface area contributed by atoms with Crippen molar-refractivity contribution in [3.8, 4) is 0 Å². The molecule has 0 aromatic heterocycles. The van der Waals surface area contributed by atoms with Crippen molar-refractivity contribution in [3.63, 3.8) is 0 Å². The topological polar surface area (TPSA) is 86.6 Å². The zero-order valence-electron chi connectivity index (χ0n) is 30.5. The first-order valence-electron chi connectivity index (χ1n) is 19.5. The van der Waals surface area contributed by atoms with E-state index in [0.717, 1.165) is 70.6 Å². The molecule has 5 aliphatic rings. The maximum atomic E-state index is 13.6. The fourth-order valence-electron chi connectivity index (χ4n) is 13.3. The minimum absolute atomic E-state index is 0.0160. The molecule has 262 valence electrons. The molecule has 0 aliphatic heterocycles. The lowest BCUT2D eigenvalue weighted by molar-refractivity contribution is -0.243. The number of carbonyl (C=O) groups is 2. The molecule has 5 saturated carbocycles. The van der Waals surface area contributed by atoms with E-state index in [2.05, 4.69) is 53.4 Å². The molecule has 0 heterocycles. The third-order valence-electron chi connectivity index (χ3n) is 16.0. The number of rotatable bonds is 13. The number of unbranched alkanes of at least 4 members (excludes halogenated alkanes) is 7. The van der Waals surface area contributed by atoms with Crippen LogP contribution in [0, 0.1) is 51.2 Å². The molecule has 5 rings (SSSR count). The average molecular weight is 640 g/mol. The summed E-state index contributed by atoms with van der Waals surface area (Å²) in [6.07, 6.45) is 20.9. The zero-order valence-corrected chi connectivity index (χ0v) is 30.5. The van der Waals surface area contributed by atoms with Crippen LogP contribution >= 0.6 is 0 Å². The van der Waals surface area contributed by atoms with Crippen molar-refractivity contribution in [2.45, 2.75) is 182 Å². The number of amides is 1. The summed E-state index contributed by atoms with van der Waals surface area (Å²) in [5.41, 5.74) is 2.05. The van der Waals surface area contributed by atoms with Crippen molar-refractivity contribution in [1.82, 2.24) is 5.32 Å². The zero-order chi connectivity index (χ0) is 33.5. The van der Waals surface area contributed by atoms with Crippen molar-refractivity contribution in [1.29, 1.82) is 0 Å². The van der Waals surface area contributed by atoms with E-state index in [9.17, 15) is 14.7 Å². The molecule has 0 spiro atoms.